The Hall–Kier alpha value is -2.00. The zero-order valence-corrected chi connectivity index (χ0v) is 14.3. The highest BCUT2D eigenvalue weighted by molar-refractivity contribution is 7.86. The molecule has 0 amide bonds. The van der Waals surface area contributed by atoms with E-state index in [4.69, 9.17) is 0 Å². The normalized spacial score (nSPS) is 11.2. The maximum Gasteiger partial charge on any atom is 0.343 e. The summed E-state index contributed by atoms with van der Waals surface area (Å²) in [4.78, 5) is 25.3. The lowest BCUT2D eigenvalue weighted by atomic mass is 10.1. The number of hydrogen-bond acceptors (Lipinski definition) is 7. The van der Waals surface area contributed by atoms with Crippen LogP contribution in [-0.4, -0.2) is 19.3 Å². The number of carbonyl (C=O) groups excluding carboxylic acids is 1. The van der Waals surface area contributed by atoms with Crippen LogP contribution in [-0.2, 0) is 24.1 Å². The molecule has 1 aromatic carbocycles. The maximum absolute atomic E-state index is 11.8. The zero-order valence-electron chi connectivity index (χ0n) is 13.5. The summed E-state index contributed by atoms with van der Waals surface area (Å²) < 4.78 is 27.8. The highest BCUT2D eigenvalue weighted by atomic mass is 32.2. The first-order valence-electron chi connectivity index (χ1n) is 7.75. The minimum absolute atomic E-state index is 0.0713. The smallest absolute Gasteiger partial charge is 0.281 e. The molecule has 9 heteroatoms. The Labute approximate surface area is 141 Å². The van der Waals surface area contributed by atoms with E-state index in [2.05, 4.69) is 16.1 Å². The van der Waals surface area contributed by atoms with Crippen molar-refractivity contribution in [2.75, 3.05) is 0 Å². The molecular formula is C15H21NO7S. The van der Waals surface area contributed by atoms with Gasteiger partial charge in [-0.2, -0.15) is 8.42 Å². The summed E-state index contributed by atoms with van der Waals surface area (Å²) in [7, 11) is -4.31. The monoisotopic (exact) mass is 359 g/mol. The van der Waals surface area contributed by atoms with Crippen molar-refractivity contribution in [3.05, 3.63) is 34.4 Å². The lowest BCUT2D eigenvalue weighted by Gasteiger charge is -2.04. The number of unbranched alkanes of at least 4 members (excludes halogenated alkanes) is 5. The van der Waals surface area contributed by atoms with Crippen molar-refractivity contribution < 1.29 is 27.4 Å². The summed E-state index contributed by atoms with van der Waals surface area (Å²) in [6.45, 7) is 2.11. The summed E-state index contributed by atoms with van der Waals surface area (Å²) in [6.07, 6.45) is 5.95. The van der Waals surface area contributed by atoms with Crippen LogP contribution in [0.1, 0.15) is 51.9 Å². The Balaban J connectivity index is 2.39. The molecule has 0 aliphatic carbocycles. The highest BCUT2D eigenvalue weighted by Crippen LogP contribution is 2.18. The van der Waals surface area contributed by atoms with Gasteiger partial charge in [0.25, 0.3) is 5.69 Å². The molecule has 24 heavy (non-hydrogen) atoms. The van der Waals surface area contributed by atoms with E-state index in [9.17, 15) is 23.3 Å². The third-order valence-electron chi connectivity index (χ3n) is 3.29. The predicted octanol–water partition coefficient (Wildman–Crippen LogP) is 3.51. The van der Waals surface area contributed by atoms with Crippen LogP contribution in [0.25, 0.3) is 0 Å². The summed E-state index contributed by atoms with van der Waals surface area (Å²) in [5.41, 5.74) is -0.256. The number of nitrogens with zero attached hydrogens (tertiary/aromatic N) is 1. The fraction of sp³-hybridized carbons (Fsp3) is 0.533. The van der Waals surface area contributed by atoms with Gasteiger partial charge in [-0.25, -0.2) is 4.79 Å². The molecule has 0 radical (unpaired) electrons. The van der Waals surface area contributed by atoms with Gasteiger partial charge in [-0.1, -0.05) is 39.0 Å². The Morgan fingerprint density at radius 1 is 1.08 bits per heavy atom. The number of rotatable bonds is 11. The average molecular weight is 359 g/mol. The molecule has 0 N–H and O–H groups in total. The Bertz CT molecular complexity index is 640. The minimum Gasteiger partial charge on any atom is -0.281 e. The number of hydrogen-bond donors (Lipinski definition) is 0. The van der Waals surface area contributed by atoms with Crippen LogP contribution in [0.15, 0.2) is 29.2 Å². The molecule has 0 aromatic heterocycles. The molecule has 1 rings (SSSR count). The molecule has 0 atom stereocenters. The number of benzene rings is 1. The largest absolute Gasteiger partial charge is 0.343 e. The second-order valence-corrected chi connectivity index (χ2v) is 6.76. The standard InChI is InChI=1S/C15H21NO7S/c1-2-3-4-5-6-7-8-15(17)22-23-24(20,21)14-11-9-13(10-12-14)16(18)19/h9-12H,2-8H2,1H3. The molecule has 0 spiro atoms. The predicted molar refractivity (Wildman–Crippen MR) is 85.5 cm³/mol. The molecule has 0 fully saturated rings. The van der Waals surface area contributed by atoms with Crippen molar-refractivity contribution in [3.63, 3.8) is 0 Å². The first-order chi connectivity index (χ1) is 11.4. The second-order valence-electron chi connectivity index (χ2n) is 5.25. The van der Waals surface area contributed by atoms with Crippen molar-refractivity contribution in [2.24, 2.45) is 0 Å². The summed E-state index contributed by atoms with van der Waals surface area (Å²) in [6, 6.07) is 4.06. The lowest BCUT2D eigenvalue weighted by Crippen LogP contribution is -2.12. The van der Waals surface area contributed by atoms with E-state index in [0.29, 0.717) is 6.42 Å². The molecule has 0 saturated heterocycles. The number of carbonyl (C=O) groups is 1. The third kappa shape index (κ3) is 7.05. The van der Waals surface area contributed by atoms with Crippen LogP contribution in [0.3, 0.4) is 0 Å². The molecule has 0 bridgehead atoms. The van der Waals surface area contributed by atoms with Crippen LogP contribution in [0.5, 0.6) is 0 Å². The topological polar surface area (TPSA) is 113 Å². The van der Waals surface area contributed by atoms with Crippen molar-refractivity contribution >= 4 is 21.8 Å². The van der Waals surface area contributed by atoms with Gasteiger partial charge in [0.05, 0.1) is 9.82 Å². The van der Waals surface area contributed by atoms with E-state index in [1.807, 2.05) is 0 Å². The molecule has 134 valence electrons. The van der Waals surface area contributed by atoms with E-state index in [1.165, 1.54) is 0 Å². The van der Waals surface area contributed by atoms with Gasteiger partial charge < -0.3 is 0 Å². The summed E-state index contributed by atoms with van der Waals surface area (Å²) >= 11 is 0. The third-order valence-corrected chi connectivity index (χ3v) is 4.38. The molecule has 0 unspecified atom stereocenters. The lowest BCUT2D eigenvalue weighted by molar-refractivity contribution is -0.384. The fourth-order valence-electron chi connectivity index (χ4n) is 1.95. The Kier molecular flexibility index (Phi) is 8.34. The van der Waals surface area contributed by atoms with Gasteiger partial charge in [-0.05, 0) is 22.9 Å². The van der Waals surface area contributed by atoms with Crippen LogP contribution in [0.2, 0.25) is 0 Å². The van der Waals surface area contributed by atoms with Crippen molar-refractivity contribution in [3.8, 4) is 0 Å². The molecule has 0 aliphatic rings. The van der Waals surface area contributed by atoms with E-state index in [1.54, 1.807) is 0 Å². The second kappa shape index (κ2) is 9.99. The quantitative estimate of drug-likeness (QED) is 0.257. The van der Waals surface area contributed by atoms with Gasteiger partial charge in [0.2, 0.25) is 0 Å². The SMILES string of the molecule is CCCCCCCCC(=O)OOS(=O)(=O)c1ccc([N+](=O)[O-])cc1. The molecule has 0 aliphatic heterocycles. The summed E-state index contributed by atoms with van der Waals surface area (Å²) in [5.74, 6) is -0.768. The van der Waals surface area contributed by atoms with Crippen molar-refractivity contribution in [1.82, 2.24) is 0 Å². The maximum atomic E-state index is 11.8. The Morgan fingerprint density at radius 3 is 2.25 bits per heavy atom. The molecule has 0 saturated carbocycles. The van der Waals surface area contributed by atoms with Crippen molar-refractivity contribution in [2.45, 2.75) is 56.8 Å². The average Bonchev–Trinajstić information content (AvgIpc) is 2.56. The molecule has 0 heterocycles. The number of nitro groups is 1. The number of non-ortho nitro benzene ring substituents is 1. The van der Waals surface area contributed by atoms with E-state index in [-0.39, 0.29) is 17.0 Å². The van der Waals surface area contributed by atoms with E-state index < -0.39 is 21.0 Å². The first kappa shape index (κ1) is 20.0. The van der Waals surface area contributed by atoms with Crippen LogP contribution in [0, 0.1) is 10.1 Å². The van der Waals surface area contributed by atoms with Crippen LogP contribution >= 0.6 is 0 Å². The molecular weight excluding hydrogens is 338 g/mol. The van der Waals surface area contributed by atoms with E-state index in [0.717, 1.165) is 56.4 Å². The number of nitro benzene ring substituents is 1. The van der Waals surface area contributed by atoms with Gasteiger partial charge in [0.15, 0.2) is 0 Å². The highest BCUT2D eigenvalue weighted by Gasteiger charge is 2.20. The molecule has 1 aromatic rings. The van der Waals surface area contributed by atoms with Gasteiger partial charge in [0, 0.05) is 18.6 Å². The zero-order chi connectivity index (χ0) is 18.0. The van der Waals surface area contributed by atoms with E-state index >= 15 is 0 Å². The van der Waals surface area contributed by atoms with Gasteiger partial charge in [-0.3, -0.25) is 15.0 Å². The molecule has 8 nitrogen and oxygen atoms in total. The van der Waals surface area contributed by atoms with Gasteiger partial charge in [0.1, 0.15) is 0 Å². The Morgan fingerprint density at radius 2 is 1.67 bits per heavy atom. The minimum atomic E-state index is -4.31. The first-order valence-corrected chi connectivity index (χ1v) is 9.16. The van der Waals surface area contributed by atoms with Crippen molar-refractivity contribution in [1.29, 1.82) is 0 Å². The van der Waals surface area contributed by atoms with Crippen LogP contribution < -0.4 is 0 Å². The fourth-order valence-corrected chi connectivity index (χ4v) is 2.66. The van der Waals surface area contributed by atoms with Gasteiger partial charge in [-0.15, -0.1) is 0 Å². The van der Waals surface area contributed by atoms with Gasteiger partial charge >= 0.3 is 16.1 Å². The summed E-state index contributed by atoms with van der Waals surface area (Å²) in [5, 5.41) is 10.5. The van der Waals surface area contributed by atoms with Crippen LogP contribution in [0.4, 0.5) is 5.69 Å².